The summed E-state index contributed by atoms with van der Waals surface area (Å²) >= 11 is 0.264. The van der Waals surface area contributed by atoms with Crippen molar-refractivity contribution in [2.24, 2.45) is 30.7 Å². The van der Waals surface area contributed by atoms with Gasteiger partial charge in [0.25, 0.3) is 30.3 Å². The second kappa shape index (κ2) is 22.8. The fourth-order valence-corrected chi connectivity index (χ4v) is 10.4. The minimum Gasteiger partial charge on any atom is -0.505 e. The number of phenols is 1. The highest BCUT2D eigenvalue weighted by Gasteiger charge is 2.27. The molecule has 0 radical (unpaired) electrons. The van der Waals surface area contributed by atoms with E-state index in [0.29, 0.717) is 23.2 Å². The fourth-order valence-electron chi connectivity index (χ4n) is 6.02. The van der Waals surface area contributed by atoms with Crippen LogP contribution in [0.2, 0.25) is 0 Å². The van der Waals surface area contributed by atoms with Gasteiger partial charge >= 0.3 is 0 Å². The van der Waals surface area contributed by atoms with Crippen molar-refractivity contribution in [2.75, 3.05) is 41.4 Å². The summed E-state index contributed by atoms with van der Waals surface area (Å²) < 4.78 is 143. The fraction of sp³-hybridized carbons (Fsp3) is 0.0811. The van der Waals surface area contributed by atoms with Gasteiger partial charge in [0.1, 0.15) is 38.3 Å². The first-order valence-electron chi connectivity index (χ1n) is 19.0. The van der Waals surface area contributed by atoms with Gasteiger partial charge in [-0.2, -0.15) is 27.1 Å². The SMILES string of the molecule is COc1cc(N=Nc2ccc(NS(=O)(=O)c3ccc(N=Nc4c(S(=O)(=O)O)cc5cc(SOOO)c(N=Nc6ccc(S(=O)(=O)CCOSOOO)cc6S(=O)(=O)O)c(N)c5c4O)cc3)cc2)c(N)cc1N. The third-order valence-electron chi connectivity index (χ3n) is 9.30. The Morgan fingerprint density at radius 1 is 0.639 bits per heavy atom. The molecule has 12 N–H and O–H groups in total. The average Bonchev–Trinajstić information content (AvgIpc) is 3.32. The molecule has 29 nitrogen and oxygen atoms in total. The third-order valence-corrected chi connectivity index (χ3v) is 15.1. The smallest absolute Gasteiger partial charge is 0.296 e. The van der Waals surface area contributed by atoms with Crippen LogP contribution in [0.5, 0.6) is 11.5 Å². The zero-order valence-electron chi connectivity index (χ0n) is 35.9. The van der Waals surface area contributed by atoms with E-state index in [4.69, 9.17) is 36.6 Å². The largest absolute Gasteiger partial charge is 0.505 e. The summed E-state index contributed by atoms with van der Waals surface area (Å²) in [5.74, 6) is -1.45. The minimum atomic E-state index is -5.24. The number of phenolic OH excluding ortho intramolecular Hbond substituents is 1. The molecule has 0 heterocycles. The molecule has 0 aliphatic heterocycles. The van der Waals surface area contributed by atoms with Gasteiger partial charge in [-0.15, -0.1) is 29.1 Å². The minimum absolute atomic E-state index is 0.0850. The third kappa shape index (κ3) is 13.2. The highest BCUT2D eigenvalue weighted by molar-refractivity contribution is 7.94. The number of nitrogens with zero attached hydrogens (tertiary/aromatic N) is 6. The molecule has 0 amide bonds. The van der Waals surface area contributed by atoms with Crippen LogP contribution >= 0.6 is 24.4 Å². The predicted molar refractivity (Wildman–Crippen MR) is 255 cm³/mol. The average molecular weight is 1120 g/mol. The van der Waals surface area contributed by atoms with Gasteiger partial charge in [0, 0.05) is 11.8 Å². The van der Waals surface area contributed by atoms with Crippen LogP contribution < -0.4 is 26.7 Å². The van der Waals surface area contributed by atoms with Crippen molar-refractivity contribution in [3.63, 3.8) is 0 Å². The van der Waals surface area contributed by atoms with Crippen molar-refractivity contribution < 1.29 is 86.1 Å². The lowest BCUT2D eigenvalue weighted by Gasteiger charge is -2.14. The molecule has 0 unspecified atom stereocenters. The number of sulfonamides is 1. The number of sulfone groups is 1. The number of rotatable bonds is 22. The van der Waals surface area contributed by atoms with Gasteiger partial charge in [0.2, 0.25) is 0 Å². The van der Waals surface area contributed by atoms with E-state index in [1.54, 1.807) is 0 Å². The maximum Gasteiger partial charge on any atom is 0.296 e. The van der Waals surface area contributed by atoms with Gasteiger partial charge in [-0.05, 0) is 90.3 Å². The topological polar surface area (TPSA) is 457 Å². The Hall–Kier alpha value is -6.68. The van der Waals surface area contributed by atoms with Crippen molar-refractivity contribution in [1.29, 1.82) is 0 Å². The van der Waals surface area contributed by atoms with E-state index in [9.17, 15) is 47.9 Å². The number of anilines is 4. The van der Waals surface area contributed by atoms with Crippen LogP contribution in [0.3, 0.4) is 0 Å². The van der Waals surface area contributed by atoms with E-state index in [2.05, 4.69) is 54.2 Å². The monoisotopic (exact) mass is 1110 g/mol. The number of nitrogens with one attached hydrogen (secondary N) is 1. The number of benzene rings is 6. The van der Waals surface area contributed by atoms with Crippen molar-refractivity contribution in [2.45, 2.75) is 24.5 Å². The molecule has 6 rings (SSSR count). The van der Waals surface area contributed by atoms with Gasteiger partial charge in [-0.1, -0.05) is 10.1 Å². The zero-order chi connectivity index (χ0) is 52.6. The Labute approximate surface area is 415 Å². The van der Waals surface area contributed by atoms with Crippen LogP contribution in [-0.4, -0.2) is 77.9 Å². The van der Waals surface area contributed by atoms with Gasteiger partial charge in [0.15, 0.2) is 27.9 Å². The molecular weight excluding hydrogens is 1080 g/mol. The molecule has 72 heavy (non-hydrogen) atoms. The Balaban J connectivity index is 1.29. The number of methoxy groups -OCH3 is 1. The van der Waals surface area contributed by atoms with Crippen molar-refractivity contribution in [1.82, 2.24) is 0 Å². The van der Waals surface area contributed by atoms with Crippen molar-refractivity contribution in [3.8, 4) is 11.5 Å². The quantitative estimate of drug-likeness (QED) is 0.00590. The summed E-state index contributed by atoms with van der Waals surface area (Å²) in [6.45, 7) is -0.545. The number of nitrogen functional groups attached to an aromatic ring is 3. The molecule has 6 aromatic carbocycles. The molecule has 0 aliphatic rings. The summed E-state index contributed by atoms with van der Waals surface area (Å²) in [4.78, 5) is -3.24. The molecule has 382 valence electrons. The molecule has 0 aliphatic carbocycles. The zero-order valence-corrected chi connectivity index (χ0v) is 40.8. The number of fused-ring (bicyclic) bond motifs is 1. The molecule has 0 saturated heterocycles. The Bertz CT molecular complexity index is 3570. The lowest BCUT2D eigenvalue weighted by atomic mass is 10.1. The molecule has 0 spiro atoms. The van der Waals surface area contributed by atoms with Gasteiger partial charge in [0.05, 0.1) is 80.0 Å². The Kier molecular flexibility index (Phi) is 17.3. The predicted octanol–water partition coefficient (Wildman–Crippen LogP) is 8.04. The van der Waals surface area contributed by atoms with Gasteiger partial charge in [-0.3, -0.25) is 18.0 Å². The number of azo groups is 3. The number of aromatic hydroxyl groups is 1. The highest BCUT2D eigenvalue weighted by Crippen LogP contribution is 2.50. The highest BCUT2D eigenvalue weighted by atomic mass is 32.2. The van der Waals surface area contributed by atoms with Crippen LogP contribution in [0.1, 0.15) is 0 Å². The molecule has 0 saturated carbocycles. The number of nitrogens with two attached hydrogens (primary N) is 3. The summed E-state index contributed by atoms with van der Waals surface area (Å²) in [7, 11) is -17.6. The lowest BCUT2D eigenvalue weighted by molar-refractivity contribution is -0.434. The van der Waals surface area contributed by atoms with Gasteiger partial charge < -0.3 is 27.0 Å². The molecule has 35 heteroatoms. The number of hydrogen-bond acceptors (Lipinski definition) is 28. The second-order valence-corrected chi connectivity index (χ2v) is 21.7. The Morgan fingerprint density at radius 2 is 1.24 bits per heavy atom. The van der Waals surface area contributed by atoms with E-state index >= 15 is 0 Å². The molecule has 0 atom stereocenters. The van der Waals surface area contributed by atoms with E-state index in [1.165, 1.54) is 55.6 Å². The number of hydrogen-bond donors (Lipinski definition) is 9. The van der Waals surface area contributed by atoms with E-state index in [-0.39, 0.29) is 62.3 Å². The van der Waals surface area contributed by atoms with Crippen molar-refractivity contribution in [3.05, 3.63) is 91.0 Å². The first-order valence-corrected chi connectivity index (χ1v) is 26.5. The van der Waals surface area contributed by atoms with Crippen LogP contribution in [0, 0.1) is 0 Å². The molecule has 0 fully saturated rings. The summed E-state index contributed by atoms with van der Waals surface area (Å²) in [6.07, 6.45) is 0. The first kappa shape index (κ1) is 54.6. The second-order valence-electron chi connectivity index (χ2n) is 13.9. The van der Waals surface area contributed by atoms with Gasteiger partial charge in [-0.25, -0.2) is 27.4 Å². The van der Waals surface area contributed by atoms with Crippen LogP contribution in [0.15, 0.2) is 146 Å². The molecule has 6 aromatic rings. The maximum absolute atomic E-state index is 13.3. The summed E-state index contributed by atoms with van der Waals surface area (Å²) in [5, 5.41) is 58.4. The van der Waals surface area contributed by atoms with E-state index < -0.39 is 101 Å². The van der Waals surface area contributed by atoms with Crippen LogP contribution in [0.25, 0.3) is 10.8 Å². The first-order chi connectivity index (χ1) is 34.0. The van der Waals surface area contributed by atoms with E-state index in [1.807, 2.05) is 0 Å². The van der Waals surface area contributed by atoms with Crippen LogP contribution in [-0.2, 0) is 63.0 Å². The maximum atomic E-state index is 13.3. The molecule has 0 aromatic heterocycles. The molecular formula is C37H34N10O19S6. The summed E-state index contributed by atoms with van der Waals surface area (Å²) in [6, 6.07) is 17.5. The summed E-state index contributed by atoms with van der Waals surface area (Å²) in [5.41, 5.74) is 16.8. The molecule has 0 bridgehead atoms. The Morgan fingerprint density at radius 3 is 1.86 bits per heavy atom. The van der Waals surface area contributed by atoms with Crippen LogP contribution in [0.4, 0.5) is 56.9 Å². The van der Waals surface area contributed by atoms with Crippen molar-refractivity contribution >= 4 is 132 Å². The lowest BCUT2D eigenvalue weighted by Crippen LogP contribution is -2.12. The normalized spacial score (nSPS) is 12.7. The number of ether oxygens (including phenoxy) is 1. The standard InChI is InChI=1S/C37H34N10O19S6/c1-61-29-18-28(25(38)17-26(29)39)44-41-20-2-4-22(5-3-20)47-70(53,54)23-8-6-21(7-9-23)42-46-36-32(72(58,59)60)15-19-14-30(67-65-63-49)35(34(40)33(19)37(36)48)45-43-27-11-10-24(16-31(27)71(55,56)57)69(51,52)13-12-62-68-66-64-50/h2-11,14-18,47-50H,12-13,38-40H2,1H3,(H,55,56,57)(H,58,59,60). The van der Waals surface area contributed by atoms with E-state index in [0.717, 1.165) is 36.4 Å².